The molecule has 0 spiro atoms. The van der Waals surface area contributed by atoms with Crippen molar-refractivity contribution in [1.82, 2.24) is 9.71 Å². The van der Waals surface area contributed by atoms with Crippen molar-refractivity contribution in [3.05, 3.63) is 54.4 Å². The number of ether oxygens (including phenoxy) is 3. The summed E-state index contributed by atoms with van der Waals surface area (Å²) < 4.78 is 48.5. The third-order valence-electron chi connectivity index (χ3n) is 4.23. The van der Waals surface area contributed by atoms with Gasteiger partial charge in [-0.15, -0.1) is 0 Å². The van der Waals surface area contributed by atoms with Gasteiger partial charge in [-0.2, -0.15) is 0 Å². The van der Waals surface area contributed by atoms with E-state index in [9.17, 15) is 8.42 Å². The average Bonchev–Trinajstić information content (AvgIpc) is 3.22. The second-order valence-corrected chi connectivity index (χ2v) is 7.80. The van der Waals surface area contributed by atoms with Crippen LogP contribution in [0.5, 0.6) is 17.2 Å². The molecule has 29 heavy (non-hydrogen) atoms. The van der Waals surface area contributed by atoms with Gasteiger partial charge in [-0.05, 0) is 36.4 Å². The van der Waals surface area contributed by atoms with Crippen LogP contribution < -0.4 is 18.9 Å². The van der Waals surface area contributed by atoms with Crippen LogP contribution in [0.1, 0.15) is 5.69 Å². The summed E-state index contributed by atoms with van der Waals surface area (Å²) in [6, 6.07) is 11.7. The van der Waals surface area contributed by atoms with E-state index >= 15 is 0 Å². The molecule has 3 aromatic rings. The molecule has 0 aliphatic heterocycles. The Balaban J connectivity index is 1.63. The number of methoxy groups -OCH3 is 3. The molecule has 1 N–H and O–H groups in total. The molecule has 0 radical (unpaired) electrons. The van der Waals surface area contributed by atoms with Crippen molar-refractivity contribution < 1.29 is 27.0 Å². The second-order valence-electron chi connectivity index (χ2n) is 6.04. The molecule has 9 heteroatoms. The van der Waals surface area contributed by atoms with E-state index in [-0.39, 0.29) is 11.4 Å². The molecule has 0 saturated carbocycles. The second kappa shape index (κ2) is 8.97. The highest BCUT2D eigenvalue weighted by Gasteiger charge is 2.17. The van der Waals surface area contributed by atoms with E-state index in [1.807, 2.05) is 24.3 Å². The molecule has 3 rings (SSSR count). The Morgan fingerprint density at radius 2 is 1.69 bits per heavy atom. The van der Waals surface area contributed by atoms with Gasteiger partial charge in [0.05, 0.1) is 31.9 Å². The van der Waals surface area contributed by atoms with E-state index in [2.05, 4.69) is 9.71 Å². The molecule has 1 heterocycles. The zero-order valence-electron chi connectivity index (χ0n) is 16.3. The highest BCUT2D eigenvalue weighted by atomic mass is 32.2. The van der Waals surface area contributed by atoms with Crippen molar-refractivity contribution in [3.8, 4) is 28.7 Å². The van der Waals surface area contributed by atoms with Gasteiger partial charge < -0.3 is 18.6 Å². The molecule has 0 aliphatic carbocycles. The largest absolute Gasteiger partial charge is 0.497 e. The number of nitrogens with one attached hydrogen (secondary N) is 1. The average molecular weight is 418 g/mol. The van der Waals surface area contributed by atoms with Crippen LogP contribution in [0, 0.1) is 0 Å². The smallest absolute Gasteiger partial charge is 0.240 e. The Hall–Kier alpha value is -3.04. The third-order valence-corrected chi connectivity index (χ3v) is 5.69. The minimum absolute atomic E-state index is 0.0919. The summed E-state index contributed by atoms with van der Waals surface area (Å²) in [5.74, 6) is 2.01. The Bertz CT molecular complexity index is 1060. The molecule has 154 valence electrons. The first-order valence-corrected chi connectivity index (χ1v) is 10.3. The lowest BCUT2D eigenvalue weighted by Gasteiger charge is -2.10. The molecule has 0 amide bonds. The molecular weight excluding hydrogens is 396 g/mol. The van der Waals surface area contributed by atoms with E-state index in [1.54, 1.807) is 13.2 Å². The van der Waals surface area contributed by atoms with Crippen LogP contribution in [0.4, 0.5) is 0 Å². The molecule has 0 unspecified atom stereocenters. The maximum Gasteiger partial charge on any atom is 0.240 e. The van der Waals surface area contributed by atoms with Gasteiger partial charge >= 0.3 is 0 Å². The van der Waals surface area contributed by atoms with Gasteiger partial charge in [-0.25, -0.2) is 18.1 Å². The van der Waals surface area contributed by atoms with Gasteiger partial charge in [0.15, 0.2) is 11.5 Å². The van der Waals surface area contributed by atoms with Crippen LogP contribution in [0.15, 0.2) is 58.0 Å². The standard InChI is InChI=1S/C20H22N2O6S/c1-25-16-6-4-14(5-7-16)20-22-15(13-28-20)10-11-21-29(23,24)17-8-9-18(26-2)19(12-17)27-3/h4-9,12-13,21H,10-11H2,1-3H3. The van der Waals surface area contributed by atoms with Crippen molar-refractivity contribution in [3.63, 3.8) is 0 Å². The normalized spacial score (nSPS) is 11.3. The van der Waals surface area contributed by atoms with Crippen LogP contribution in [0.3, 0.4) is 0 Å². The minimum atomic E-state index is -3.70. The molecule has 1 aromatic heterocycles. The van der Waals surface area contributed by atoms with Crippen LogP contribution in [0.2, 0.25) is 0 Å². The molecule has 2 aromatic carbocycles. The molecule has 0 saturated heterocycles. The van der Waals surface area contributed by atoms with E-state index in [0.717, 1.165) is 11.3 Å². The Labute approximate surface area is 169 Å². The number of hydrogen-bond acceptors (Lipinski definition) is 7. The van der Waals surface area contributed by atoms with E-state index in [4.69, 9.17) is 18.6 Å². The highest BCUT2D eigenvalue weighted by Crippen LogP contribution is 2.29. The fraction of sp³-hybridized carbons (Fsp3) is 0.250. The quantitative estimate of drug-likeness (QED) is 0.570. The summed E-state index contributed by atoms with van der Waals surface area (Å²) in [6.45, 7) is 0.172. The summed E-state index contributed by atoms with van der Waals surface area (Å²) in [7, 11) is 0.839. The fourth-order valence-electron chi connectivity index (χ4n) is 2.67. The molecule has 8 nitrogen and oxygen atoms in total. The molecule has 0 atom stereocenters. The fourth-order valence-corrected chi connectivity index (χ4v) is 3.72. The van der Waals surface area contributed by atoms with E-state index in [0.29, 0.717) is 29.5 Å². The minimum Gasteiger partial charge on any atom is -0.497 e. The lowest BCUT2D eigenvalue weighted by atomic mass is 10.2. The summed E-state index contributed by atoms with van der Waals surface area (Å²) in [6.07, 6.45) is 1.90. The van der Waals surface area contributed by atoms with Crippen molar-refractivity contribution in [2.75, 3.05) is 27.9 Å². The number of sulfonamides is 1. The lowest BCUT2D eigenvalue weighted by Crippen LogP contribution is -2.26. The number of oxazole rings is 1. The predicted molar refractivity (Wildman–Crippen MR) is 107 cm³/mol. The monoisotopic (exact) mass is 418 g/mol. The summed E-state index contributed by atoms with van der Waals surface area (Å²) in [4.78, 5) is 4.49. The van der Waals surface area contributed by atoms with Crippen molar-refractivity contribution in [2.45, 2.75) is 11.3 Å². The lowest BCUT2D eigenvalue weighted by molar-refractivity contribution is 0.354. The third kappa shape index (κ3) is 4.87. The summed E-state index contributed by atoms with van der Waals surface area (Å²) in [5.41, 5.74) is 1.45. The Morgan fingerprint density at radius 3 is 2.34 bits per heavy atom. The van der Waals surface area contributed by atoms with E-state index < -0.39 is 10.0 Å². The van der Waals surface area contributed by atoms with Crippen molar-refractivity contribution in [1.29, 1.82) is 0 Å². The van der Waals surface area contributed by atoms with Crippen LogP contribution in [0.25, 0.3) is 11.5 Å². The number of rotatable bonds is 9. The first kappa shape index (κ1) is 20.7. The van der Waals surface area contributed by atoms with Crippen LogP contribution in [-0.2, 0) is 16.4 Å². The molecule has 0 aliphatic rings. The van der Waals surface area contributed by atoms with Gasteiger partial charge in [0, 0.05) is 24.6 Å². The van der Waals surface area contributed by atoms with Gasteiger partial charge in [0.1, 0.15) is 12.0 Å². The predicted octanol–water partition coefficient (Wildman–Crippen LogP) is 2.89. The number of hydrogen-bond donors (Lipinski definition) is 1. The maximum absolute atomic E-state index is 12.5. The number of nitrogens with zero attached hydrogens (tertiary/aromatic N) is 1. The SMILES string of the molecule is COc1ccc(-c2nc(CCNS(=O)(=O)c3ccc(OC)c(OC)c3)co2)cc1. The van der Waals surface area contributed by atoms with Crippen LogP contribution >= 0.6 is 0 Å². The van der Waals surface area contributed by atoms with Gasteiger partial charge in [0.25, 0.3) is 0 Å². The zero-order chi connectivity index (χ0) is 20.9. The first-order valence-electron chi connectivity index (χ1n) is 8.77. The molecule has 0 bridgehead atoms. The topological polar surface area (TPSA) is 99.9 Å². The van der Waals surface area contributed by atoms with Crippen molar-refractivity contribution in [2.24, 2.45) is 0 Å². The Morgan fingerprint density at radius 1 is 0.966 bits per heavy atom. The maximum atomic E-state index is 12.5. The number of aromatic nitrogens is 1. The number of benzene rings is 2. The Kier molecular flexibility index (Phi) is 6.40. The molecule has 0 fully saturated rings. The van der Waals surface area contributed by atoms with E-state index in [1.165, 1.54) is 32.6 Å². The van der Waals surface area contributed by atoms with Gasteiger partial charge in [-0.1, -0.05) is 0 Å². The first-order chi connectivity index (χ1) is 14.0. The summed E-state index contributed by atoms with van der Waals surface area (Å²) >= 11 is 0. The van der Waals surface area contributed by atoms with Gasteiger partial charge in [0.2, 0.25) is 15.9 Å². The summed E-state index contributed by atoms with van der Waals surface area (Å²) in [5, 5.41) is 0. The van der Waals surface area contributed by atoms with Crippen molar-refractivity contribution >= 4 is 10.0 Å². The molecular formula is C20H22N2O6S. The zero-order valence-corrected chi connectivity index (χ0v) is 17.2. The van der Waals surface area contributed by atoms with Gasteiger partial charge in [-0.3, -0.25) is 0 Å². The highest BCUT2D eigenvalue weighted by molar-refractivity contribution is 7.89. The van der Waals surface area contributed by atoms with Crippen LogP contribution in [-0.4, -0.2) is 41.3 Å².